The summed E-state index contributed by atoms with van der Waals surface area (Å²) in [6, 6.07) is 4.58. The van der Waals surface area contributed by atoms with Crippen LogP contribution >= 0.6 is 0 Å². The Hall–Kier alpha value is -0.721. The number of methoxy groups -OCH3 is 2. The molecule has 1 saturated heterocycles. The number of benzene rings is 1. The molecule has 2 aliphatic heterocycles. The number of ether oxygens (including phenoxy) is 2. The third-order valence-corrected chi connectivity index (χ3v) is 23.4. The fraction of sp³-hybridized carbons (Fsp3) is 0.758. The quantitative estimate of drug-likeness (QED) is 0.197. The fourth-order valence-corrected chi connectivity index (χ4v) is 21.5. The SMILES string of the molecule is CCC[CH2][Sn](/[CH]=C/C1(O)CC2c3cc(OC)c(OC)cc3CCN2CC1CC(C)C)([CH2]CCC)[CH2]CCC. The van der Waals surface area contributed by atoms with Gasteiger partial charge in [0.2, 0.25) is 0 Å². The summed E-state index contributed by atoms with van der Waals surface area (Å²) in [6.45, 7) is 13.7. The van der Waals surface area contributed by atoms with Crippen LogP contribution in [0.5, 0.6) is 11.5 Å². The van der Waals surface area contributed by atoms with E-state index in [1.54, 1.807) is 14.2 Å². The molecule has 3 rings (SSSR count). The number of piperidine rings is 1. The first-order valence-electron chi connectivity index (χ1n) is 15.7. The number of hydrogen-bond donors (Lipinski definition) is 1. The molecule has 1 aromatic rings. The van der Waals surface area contributed by atoms with Crippen molar-refractivity contribution in [3.8, 4) is 11.5 Å². The van der Waals surface area contributed by atoms with E-state index in [4.69, 9.17) is 9.47 Å². The zero-order valence-electron chi connectivity index (χ0n) is 25.7. The molecule has 0 aromatic heterocycles. The Morgan fingerprint density at radius 2 is 1.58 bits per heavy atom. The van der Waals surface area contributed by atoms with Crippen molar-refractivity contribution in [1.82, 2.24) is 4.90 Å². The summed E-state index contributed by atoms with van der Waals surface area (Å²) in [7, 11) is 3.44. The van der Waals surface area contributed by atoms with Crippen LogP contribution in [0.25, 0.3) is 0 Å². The van der Waals surface area contributed by atoms with Crippen LogP contribution in [-0.4, -0.2) is 61.3 Å². The Morgan fingerprint density at radius 1 is 1.00 bits per heavy atom. The zero-order valence-corrected chi connectivity index (χ0v) is 28.5. The van der Waals surface area contributed by atoms with E-state index in [1.807, 2.05) is 0 Å². The van der Waals surface area contributed by atoms with Crippen LogP contribution < -0.4 is 9.47 Å². The second-order valence-corrected chi connectivity index (χ2v) is 25.7. The van der Waals surface area contributed by atoms with Crippen LogP contribution in [0.4, 0.5) is 0 Å². The monoisotopic (exact) mass is 635 g/mol. The molecule has 38 heavy (non-hydrogen) atoms. The zero-order chi connectivity index (χ0) is 27.8. The van der Waals surface area contributed by atoms with E-state index in [9.17, 15) is 5.11 Å². The molecular weight excluding hydrogens is 577 g/mol. The van der Waals surface area contributed by atoms with Gasteiger partial charge in [-0.05, 0) is 0 Å². The van der Waals surface area contributed by atoms with Gasteiger partial charge in [0, 0.05) is 0 Å². The third-order valence-electron chi connectivity index (χ3n) is 9.36. The molecule has 3 atom stereocenters. The van der Waals surface area contributed by atoms with E-state index in [2.05, 4.69) is 61.8 Å². The Kier molecular flexibility index (Phi) is 12.4. The van der Waals surface area contributed by atoms with Crippen LogP contribution in [0.1, 0.15) is 103 Å². The topological polar surface area (TPSA) is 41.9 Å². The Labute approximate surface area is 238 Å². The van der Waals surface area contributed by atoms with Gasteiger partial charge in [-0.2, -0.15) is 0 Å². The fourth-order valence-electron chi connectivity index (χ4n) is 7.04. The van der Waals surface area contributed by atoms with Crippen molar-refractivity contribution in [3.05, 3.63) is 33.4 Å². The van der Waals surface area contributed by atoms with E-state index in [1.165, 1.54) is 63.0 Å². The molecule has 4 nitrogen and oxygen atoms in total. The van der Waals surface area contributed by atoms with Crippen LogP contribution in [0, 0.1) is 11.8 Å². The van der Waals surface area contributed by atoms with E-state index in [0.717, 1.165) is 43.9 Å². The van der Waals surface area contributed by atoms with Gasteiger partial charge in [0.25, 0.3) is 0 Å². The molecule has 0 amide bonds. The first-order valence-corrected chi connectivity index (χ1v) is 23.4. The summed E-state index contributed by atoms with van der Waals surface area (Å²) >= 11 is -2.51. The normalized spacial score (nSPS) is 24.0. The molecule has 1 N–H and O–H groups in total. The molecule has 2 aliphatic rings. The van der Waals surface area contributed by atoms with Crippen molar-refractivity contribution in [2.45, 2.75) is 117 Å². The summed E-state index contributed by atoms with van der Waals surface area (Å²) in [5.74, 6) is 2.46. The third kappa shape index (κ3) is 7.72. The molecule has 0 saturated carbocycles. The predicted molar refractivity (Wildman–Crippen MR) is 164 cm³/mol. The molecule has 0 bridgehead atoms. The van der Waals surface area contributed by atoms with E-state index < -0.39 is 24.0 Å². The summed E-state index contributed by atoms with van der Waals surface area (Å²) in [5, 5.41) is 12.6. The first kappa shape index (κ1) is 31.8. The molecule has 216 valence electrons. The number of unbranched alkanes of at least 4 members (excludes halogenated alkanes) is 3. The summed E-state index contributed by atoms with van der Waals surface area (Å²) < 4.78 is 18.4. The molecule has 5 heteroatoms. The number of aliphatic hydroxyl groups is 1. The minimum absolute atomic E-state index is 0.225. The first-order chi connectivity index (χ1) is 18.2. The van der Waals surface area contributed by atoms with Gasteiger partial charge < -0.3 is 0 Å². The molecule has 0 radical (unpaired) electrons. The maximum absolute atomic E-state index is 12.6. The summed E-state index contributed by atoms with van der Waals surface area (Å²) in [5.41, 5.74) is 1.92. The second kappa shape index (κ2) is 14.8. The van der Waals surface area contributed by atoms with Gasteiger partial charge in [-0.3, -0.25) is 0 Å². The van der Waals surface area contributed by atoms with E-state index in [-0.39, 0.29) is 12.0 Å². The van der Waals surface area contributed by atoms with Gasteiger partial charge in [-0.15, -0.1) is 0 Å². The van der Waals surface area contributed by atoms with Crippen LogP contribution in [0.15, 0.2) is 22.3 Å². The Morgan fingerprint density at radius 3 is 2.11 bits per heavy atom. The Bertz CT molecular complexity index is 879. The van der Waals surface area contributed by atoms with E-state index in [0.29, 0.717) is 5.92 Å². The van der Waals surface area contributed by atoms with Crippen LogP contribution in [0.3, 0.4) is 0 Å². The Balaban J connectivity index is 2.00. The molecule has 1 aromatic carbocycles. The number of nitrogens with zero attached hydrogens (tertiary/aromatic N) is 1. The van der Waals surface area contributed by atoms with Gasteiger partial charge in [-0.1, -0.05) is 0 Å². The standard InChI is InChI=1S/C21H30NO3.3C4H9.Sn/c1-6-21(23)12-18-17-11-20(25-5)19(24-4)10-15(17)7-8-22(18)13-16(21)9-14(2)3;3*1-3-4-2;/h1,6,10-11,14,16,18,23H,7-9,12-13H2,2-5H3;3*1,3-4H2,2H3;. The van der Waals surface area contributed by atoms with Crippen molar-refractivity contribution in [2.75, 3.05) is 27.3 Å². The second-order valence-electron chi connectivity index (χ2n) is 12.7. The number of rotatable bonds is 15. The van der Waals surface area contributed by atoms with E-state index >= 15 is 0 Å². The van der Waals surface area contributed by atoms with Crippen LogP contribution in [0.2, 0.25) is 13.3 Å². The van der Waals surface area contributed by atoms with Gasteiger partial charge in [0.15, 0.2) is 0 Å². The van der Waals surface area contributed by atoms with Gasteiger partial charge >= 0.3 is 239 Å². The molecule has 1 fully saturated rings. The van der Waals surface area contributed by atoms with Crippen molar-refractivity contribution < 1.29 is 14.6 Å². The minimum atomic E-state index is -2.51. The number of hydrogen-bond acceptors (Lipinski definition) is 4. The molecule has 2 heterocycles. The molecule has 3 unspecified atom stereocenters. The number of fused-ring (bicyclic) bond motifs is 3. The van der Waals surface area contributed by atoms with Gasteiger partial charge in [0.1, 0.15) is 0 Å². The van der Waals surface area contributed by atoms with Crippen molar-refractivity contribution in [2.24, 2.45) is 11.8 Å². The summed E-state index contributed by atoms with van der Waals surface area (Å²) in [4.78, 5) is 2.64. The van der Waals surface area contributed by atoms with Gasteiger partial charge in [0.05, 0.1) is 0 Å². The molecule has 0 aliphatic carbocycles. The van der Waals surface area contributed by atoms with Crippen molar-refractivity contribution in [1.29, 1.82) is 0 Å². The van der Waals surface area contributed by atoms with Crippen molar-refractivity contribution >= 4 is 18.4 Å². The average molecular weight is 635 g/mol. The van der Waals surface area contributed by atoms with Crippen LogP contribution in [-0.2, 0) is 6.42 Å². The molecular formula is C33H57NO3Sn. The maximum atomic E-state index is 12.6. The summed E-state index contributed by atoms with van der Waals surface area (Å²) in [6.07, 6.45) is 13.2. The average Bonchev–Trinajstić information content (AvgIpc) is 2.91. The van der Waals surface area contributed by atoms with Crippen molar-refractivity contribution in [3.63, 3.8) is 0 Å². The van der Waals surface area contributed by atoms with Gasteiger partial charge in [-0.25, -0.2) is 0 Å². The predicted octanol–water partition coefficient (Wildman–Crippen LogP) is 8.34. The molecule has 0 spiro atoms.